The second-order valence-electron chi connectivity index (χ2n) is 34.8. The second-order valence-corrected chi connectivity index (χ2v) is 34.8. The summed E-state index contributed by atoms with van der Waals surface area (Å²) >= 11 is 0. The summed E-state index contributed by atoms with van der Waals surface area (Å²) in [5.74, 6) is -2.32. The van der Waals surface area contributed by atoms with E-state index in [-0.39, 0.29) is 131 Å². The average Bonchev–Trinajstić information content (AvgIpc) is 0.752. The fourth-order valence-electron chi connectivity index (χ4n) is 19.5. The van der Waals surface area contributed by atoms with E-state index in [0.717, 1.165) is 0 Å². The van der Waals surface area contributed by atoms with Crippen molar-refractivity contribution in [2.75, 3.05) is 13.2 Å². The maximum atomic E-state index is 15.7. The molecule has 630 valence electrons. The number of aliphatic hydroxyl groups is 3. The topological polar surface area (TPSA) is 389 Å². The van der Waals surface area contributed by atoms with Crippen LogP contribution in [0.3, 0.4) is 0 Å². The molecule has 0 aromatic heterocycles. The molecule has 10 heterocycles. The molecule has 1 saturated heterocycles. The highest BCUT2D eigenvalue weighted by Crippen LogP contribution is 2.53. The number of amides is 6. The van der Waals surface area contributed by atoms with Gasteiger partial charge in [-0.05, 0) is 163 Å². The molecule has 6 amide bonds. The molecular formula is C89H104F2N12O16. The number of halogens is 2. The Morgan fingerprint density at radius 1 is 0.445 bits per heavy atom. The van der Waals surface area contributed by atoms with E-state index in [0.29, 0.717) is 91.9 Å². The monoisotopic (exact) mass is 1630 g/mol. The van der Waals surface area contributed by atoms with Crippen molar-refractivity contribution in [3.63, 3.8) is 0 Å². The first-order valence-electron chi connectivity index (χ1n) is 41.4. The molecule has 0 saturated carbocycles. The fraction of sp³-hybridized carbons (Fsp3) is 0.494. The van der Waals surface area contributed by atoms with Crippen molar-refractivity contribution in [1.29, 1.82) is 0 Å². The van der Waals surface area contributed by atoms with Crippen molar-refractivity contribution in [3.05, 3.63) is 177 Å². The van der Waals surface area contributed by atoms with Crippen molar-refractivity contribution in [2.45, 2.75) is 265 Å². The van der Waals surface area contributed by atoms with Crippen LogP contribution in [-0.4, -0.2) is 166 Å². The number of nitrogens with zero attached hydrogens (tertiary/aromatic N) is 6. The van der Waals surface area contributed by atoms with Crippen molar-refractivity contribution >= 4 is 53.3 Å². The highest BCUT2D eigenvalue weighted by atomic mass is 19.1. The third-order valence-corrected chi connectivity index (χ3v) is 27.0. The Kier molecular flexibility index (Phi) is 20.9. The standard InChI is InChI=1S/C89H104F2N12O16/c1-11-86(12-2)41-68(104)101(80(92)98-86)59-36-51(38-84(9)75(108)71(53-19-17-18-20-64(53)117-84)95-77(110)48-23-28-65-56(33-48)61(40-89(119-65)44-113-45-89)103-70(106)43-88(15-5,16-6)100-82(103)94)114-63-27-22-47(32-55(59)63)79(112)97-73-58-35-50(91)25-30-67(58)118-85(10,76(73)109)39-52-37-60(102-69(105)42-87(13-3,14-4)99-81(102)93)54-31-46(21-26-62(54)115-52)78(111)96-72-57-34-49(90)24-29-66(57)116-83(7,8)74(72)107/h17-35,51-52,59-61,71-76,107-109H,11-16,36-45H2,1-10H3,(H2,92,98)(H2,93,99)(H2,94,100)(H,95,110)(H,96,111)(H,97,112)/t51?,52?,59-,60-,61-,71-,72+,73-,74-,75+,76+,84?,85?/m1/s1. The van der Waals surface area contributed by atoms with Crippen LogP contribution in [0.5, 0.6) is 34.5 Å². The lowest BCUT2D eigenvalue weighted by Gasteiger charge is -2.50. The molecule has 6 aromatic carbocycles. The number of ether oxygens (including phenoxy) is 7. The summed E-state index contributed by atoms with van der Waals surface area (Å²) < 4.78 is 76.1. The van der Waals surface area contributed by atoms with Gasteiger partial charge < -0.3 is 81.6 Å². The number of rotatable bonds is 19. The summed E-state index contributed by atoms with van der Waals surface area (Å²) in [6.07, 6.45) is -2.50. The molecule has 0 aliphatic carbocycles. The molecule has 10 aliphatic rings. The fourth-order valence-corrected chi connectivity index (χ4v) is 19.5. The lowest BCUT2D eigenvalue weighted by atomic mass is 9.79. The van der Waals surface area contributed by atoms with E-state index in [9.17, 15) is 38.9 Å². The number of nitrogens with one attached hydrogen (secondary N) is 3. The van der Waals surface area contributed by atoms with Crippen LogP contribution in [0.2, 0.25) is 0 Å². The Labute approximate surface area is 688 Å². The molecule has 16 rings (SSSR count). The van der Waals surface area contributed by atoms with Gasteiger partial charge in [0.25, 0.3) is 17.7 Å². The van der Waals surface area contributed by atoms with Crippen LogP contribution in [0.4, 0.5) is 8.78 Å². The third kappa shape index (κ3) is 14.4. The van der Waals surface area contributed by atoms with E-state index in [2.05, 4.69) is 16.0 Å². The predicted octanol–water partition coefficient (Wildman–Crippen LogP) is 10.4. The first-order valence-corrected chi connectivity index (χ1v) is 41.4. The van der Waals surface area contributed by atoms with Gasteiger partial charge in [0.2, 0.25) is 17.7 Å². The molecule has 0 bridgehead atoms. The van der Waals surface area contributed by atoms with Crippen LogP contribution in [0.25, 0.3) is 0 Å². The van der Waals surface area contributed by atoms with Crippen molar-refractivity contribution in [1.82, 2.24) is 30.7 Å². The number of guanidine groups is 3. The molecule has 1 fully saturated rings. The van der Waals surface area contributed by atoms with Gasteiger partial charge in [0.1, 0.15) is 93.5 Å². The SMILES string of the molecule is CCC1(CC)CC(=O)N([C@@H]2CC(CC3(C)Oc4ccccc4[C@@H](NC(=O)c4ccc5c(c4)[C@H](N4C(=O)CC(CC)(CC)N=C4N)CC4(COC4)O5)[C@@H]3O)Oc3ccc(C(=O)N[C@@H]4c5cc(F)ccc5OC(C)(CC5C[C@@H](N6C(=O)CC(CC)(CC)N=C6N)c6cc(C(=O)N[C@H]7c8cc(F)ccc8OC(C)(C)[C@@H]7O)ccc6O5)[C@H]4O)cc32)C(N)=N1. The summed E-state index contributed by atoms with van der Waals surface area (Å²) in [5.41, 5.74) is 15.8. The number of hydrogen-bond donors (Lipinski definition) is 9. The number of aliphatic imine (C=N–C) groups is 3. The lowest BCUT2D eigenvalue weighted by Crippen LogP contribution is -2.61. The van der Waals surface area contributed by atoms with Gasteiger partial charge in [-0.25, -0.2) is 23.8 Å². The number of nitrogens with two attached hydrogens (primary N) is 3. The van der Waals surface area contributed by atoms with E-state index in [1.54, 1.807) is 94.4 Å². The molecule has 12 N–H and O–H groups in total. The summed E-state index contributed by atoms with van der Waals surface area (Å²) in [7, 11) is 0. The molecular weight excluding hydrogens is 1530 g/mol. The van der Waals surface area contributed by atoms with Gasteiger partial charge in [-0.3, -0.25) is 43.5 Å². The Hall–Kier alpha value is -11.0. The minimum Gasteiger partial charge on any atom is -0.490 e. The van der Waals surface area contributed by atoms with E-state index >= 15 is 14.0 Å². The number of benzene rings is 6. The number of fused-ring (bicyclic) bond motifs is 6. The summed E-state index contributed by atoms with van der Waals surface area (Å²) in [4.78, 5) is 108. The Morgan fingerprint density at radius 3 is 1.20 bits per heavy atom. The molecule has 6 aromatic rings. The smallest absolute Gasteiger partial charge is 0.251 e. The van der Waals surface area contributed by atoms with Gasteiger partial charge in [-0.1, -0.05) is 59.7 Å². The first kappa shape index (κ1) is 81.8. The molecule has 119 heavy (non-hydrogen) atoms. The summed E-state index contributed by atoms with van der Waals surface area (Å²) in [6.45, 7) is 19.0. The first-order chi connectivity index (χ1) is 56.6. The quantitative estimate of drug-likeness (QED) is 0.0364. The molecule has 10 aliphatic heterocycles. The number of aliphatic hydroxyl groups excluding tert-OH is 3. The Bertz CT molecular complexity index is 5200. The largest absolute Gasteiger partial charge is 0.490 e. The van der Waals surface area contributed by atoms with Gasteiger partial charge in [-0.15, -0.1) is 0 Å². The van der Waals surface area contributed by atoms with Gasteiger partial charge >= 0.3 is 0 Å². The van der Waals surface area contributed by atoms with Crippen LogP contribution < -0.4 is 61.6 Å². The zero-order chi connectivity index (χ0) is 84.5. The van der Waals surface area contributed by atoms with Crippen LogP contribution >= 0.6 is 0 Å². The molecule has 4 unspecified atom stereocenters. The molecule has 30 heteroatoms. The maximum absolute atomic E-state index is 15.7. The van der Waals surface area contributed by atoms with E-state index < -0.39 is 135 Å². The van der Waals surface area contributed by atoms with E-state index in [1.807, 2.05) is 41.5 Å². The zero-order valence-electron chi connectivity index (χ0n) is 68.5. The van der Waals surface area contributed by atoms with Gasteiger partial charge in [-0.2, -0.15) is 0 Å². The second kappa shape index (κ2) is 30.4. The number of hydrogen-bond acceptors (Lipinski definition) is 22. The van der Waals surface area contributed by atoms with Crippen molar-refractivity contribution < 1.29 is 86.0 Å². The highest BCUT2D eigenvalue weighted by Gasteiger charge is 2.57. The molecule has 0 radical (unpaired) electrons. The summed E-state index contributed by atoms with van der Waals surface area (Å²) in [6, 6.07) is 23.0. The summed E-state index contributed by atoms with van der Waals surface area (Å²) in [5, 5.41) is 46.6. The van der Waals surface area contributed by atoms with Crippen molar-refractivity contribution in [3.8, 4) is 34.5 Å². The van der Waals surface area contributed by atoms with Crippen LogP contribution in [0.1, 0.15) is 260 Å². The van der Waals surface area contributed by atoms with E-state index in [1.165, 1.54) is 63.2 Å². The predicted molar refractivity (Wildman–Crippen MR) is 433 cm³/mol. The minimum absolute atomic E-state index is 0.00124. The highest BCUT2D eigenvalue weighted by molar-refractivity contribution is 6.03. The van der Waals surface area contributed by atoms with Crippen LogP contribution in [0, 0.1) is 11.6 Å². The van der Waals surface area contributed by atoms with Crippen LogP contribution in [-0.2, 0) is 19.1 Å². The van der Waals surface area contributed by atoms with Crippen molar-refractivity contribution in [2.24, 2.45) is 32.2 Å². The van der Waals surface area contributed by atoms with E-state index in [4.69, 9.17) is 65.3 Å². The number of carbonyl (C=O) groups excluding carboxylic acids is 6. The van der Waals surface area contributed by atoms with Gasteiger partial charge in [0.05, 0.1) is 85.3 Å². The normalized spacial score (nSPS) is 28.8. The number of para-hydroxylation sites is 1. The zero-order valence-corrected chi connectivity index (χ0v) is 68.5. The minimum atomic E-state index is -1.66. The average molecular weight is 1640 g/mol. The number of carbonyl (C=O) groups is 6. The van der Waals surface area contributed by atoms with Crippen LogP contribution in [0.15, 0.2) is 130 Å². The Balaban J connectivity index is 0.676. The van der Waals surface area contributed by atoms with Gasteiger partial charge in [0.15, 0.2) is 23.5 Å². The maximum Gasteiger partial charge on any atom is 0.251 e. The molecule has 1 spiro atoms. The third-order valence-electron chi connectivity index (χ3n) is 27.0. The van der Waals surface area contributed by atoms with Gasteiger partial charge in [0, 0.05) is 82.2 Å². The Morgan fingerprint density at radius 2 is 0.798 bits per heavy atom. The molecule has 13 atom stereocenters. The molecule has 28 nitrogen and oxygen atoms in total. The lowest BCUT2D eigenvalue weighted by molar-refractivity contribution is -0.180.